The third-order valence-electron chi connectivity index (χ3n) is 4.79. The highest BCUT2D eigenvalue weighted by atomic mass is 35.5. The van der Waals surface area contributed by atoms with Crippen molar-refractivity contribution >= 4 is 35.0 Å². The monoisotopic (exact) mass is 379 g/mol. The summed E-state index contributed by atoms with van der Waals surface area (Å²) >= 11 is 5.99. The number of rotatable bonds is 4. The number of nitrogens with zero attached hydrogens (tertiary/aromatic N) is 2. The Hall–Kier alpha value is -2.77. The molecule has 0 aromatic heterocycles. The summed E-state index contributed by atoms with van der Waals surface area (Å²) in [5.74, 6) is -0.441. The van der Waals surface area contributed by atoms with Crippen LogP contribution in [-0.2, 0) is 4.79 Å². The number of anilines is 2. The normalized spacial score (nSPS) is 14.1. The minimum absolute atomic E-state index is 0.0581. The molecule has 0 spiro atoms. The molecule has 0 aliphatic carbocycles. The minimum Gasteiger partial charge on any atom is -0.371 e. The van der Waals surface area contributed by atoms with Crippen molar-refractivity contribution in [3.8, 4) is 6.07 Å². The molecule has 3 rings (SSSR count). The van der Waals surface area contributed by atoms with Crippen LogP contribution in [0.25, 0.3) is 6.08 Å². The Balaban J connectivity index is 1.81. The van der Waals surface area contributed by atoms with E-state index in [1.165, 1.54) is 18.5 Å². The van der Waals surface area contributed by atoms with E-state index in [4.69, 9.17) is 11.6 Å². The predicted octanol–water partition coefficient (Wildman–Crippen LogP) is 5.10. The van der Waals surface area contributed by atoms with Gasteiger partial charge in [-0.05, 0) is 73.7 Å². The molecule has 27 heavy (non-hydrogen) atoms. The number of amides is 1. The van der Waals surface area contributed by atoms with E-state index in [0.717, 1.165) is 29.8 Å². The molecule has 0 unspecified atom stereocenters. The number of aryl methyl sites for hydroxylation is 2. The van der Waals surface area contributed by atoms with Crippen molar-refractivity contribution in [3.05, 3.63) is 63.7 Å². The summed E-state index contributed by atoms with van der Waals surface area (Å²) in [6.07, 6.45) is 4.07. The second kappa shape index (κ2) is 8.28. The Bertz CT molecular complexity index is 937. The molecule has 2 aromatic rings. The number of hydrogen-bond acceptors (Lipinski definition) is 3. The number of halogens is 1. The molecule has 0 saturated carbocycles. The molecule has 1 amide bonds. The molecule has 1 fully saturated rings. The first-order valence-electron chi connectivity index (χ1n) is 9.03. The number of nitriles is 1. The highest BCUT2D eigenvalue weighted by Gasteiger charge is 2.15. The summed E-state index contributed by atoms with van der Waals surface area (Å²) in [6.45, 7) is 6.11. The third-order valence-corrected chi connectivity index (χ3v) is 5.03. The zero-order valence-electron chi connectivity index (χ0n) is 15.6. The van der Waals surface area contributed by atoms with Gasteiger partial charge >= 0.3 is 0 Å². The smallest absolute Gasteiger partial charge is 0.266 e. The fourth-order valence-corrected chi connectivity index (χ4v) is 3.49. The van der Waals surface area contributed by atoms with Crippen molar-refractivity contribution in [2.75, 3.05) is 23.3 Å². The third kappa shape index (κ3) is 4.50. The van der Waals surface area contributed by atoms with E-state index < -0.39 is 5.91 Å². The zero-order chi connectivity index (χ0) is 19.4. The van der Waals surface area contributed by atoms with Crippen LogP contribution in [0, 0.1) is 25.2 Å². The van der Waals surface area contributed by atoms with E-state index in [9.17, 15) is 10.1 Å². The molecule has 0 atom stereocenters. The summed E-state index contributed by atoms with van der Waals surface area (Å²) in [7, 11) is 0. The van der Waals surface area contributed by atoms with Crippen LogP contribution in [0.15, 0.2) is 42.0 Å². The lowest BCUT2D eigenvalue weighted by Gasteiger charge is -2.20. The standard InChI is InChI=1S/C22H22ClN3O/c1-15-5-7-19(23)13-20(15)25-22(27)18(14-24)12-17-6-8-21(16(2)11-17)26-9-3-4-10-26/h5-8,11-13H,3-4,9-10H2,1-2H3,(H,25,27)/b18-12-. The van der Waals surface area contributed by atoms with Crippen molar-refractivity contribution in [3.63, 3.8) is 0 Å². The lowest BCUT2D eigenvalue weighted by atomic mass is 10.1. The largest absolute Gasteiger partial charge is 0.371 e. The number of hydrogen-bond donors (Lipinski definition) is 1. The fraction of sp³-hybridized carbons (Fsp3) is 0.273. The lowest BCUT2D eigenvalue weighted by Crippen LogP contribution is -2.18. The van der Waals surface area contributed by atoms with E-state index in [2.05, 4.69) is 23.2 Å². The molecule has 138 valence electrons. The van der Waals surface area contributed by atoms with Gasteiger partial charge < -0.3 is 10.2 Å². The Kier molecular flexibility index (Phi) is 5.83. The van der Waals surface area contributed by atoms with E-state index in [1.807, 2.05) is 31.2 Å². The van der Waals surface area contributed by atoms with Gasteiger partial charge in [0.2, 0.25) is 0 Å². The Labute approximate surface area is 165 Å². The van der Waals surface area contributed by atoms with Gasteiger partial charge in [-0.3, -0.25) is 4.79 Å². The van der Waals surface area contributed by atoms with Gasteiger partial charge in [-0.1, -0.05) is 23.7 Å². The summed E-state index contributed by atoms with van der Waals surface area (Å²) in [6, 6.07) is 13.3. The van der Waals surface area contributed by atoms with Crippen molar-refractivity contribution in [2.24, 2.45) is 0 Å². The van der Waals surface area contributed by atoms with Crippen molar-refractivity contribution in [2.45, 2.75) is 26.7 Å². The maximum Gasteiger partial charge on any atom is 0.266 e. The van der Waals surface area contributed by atoms with Crippen LogP contribution >= 0.6 is 11.6 Å². The van der Waals surface area contributed by atoms with E-state index >= 15 is 0 Å². The van der Waals surface area contributed by atoms with Gasteiger partial charge in [0, 0.05) is 29.5 Å². The predicted molar refractivity (Wildman–Crippen MR) is 111 cm³/mol. The second-order valence-corrected chi connectivity index (χ2v) is 7.26. The second-order valence-electron chi connectivity index (χ2n) is 6.82. The summed E-state index contributed by atoms with van der Waals surface area (Å²) in [5.41, 5.74) is 4.76. The topological polar surface area (TPSA) is 56.1 Å². The Morgan fingerprint density at radius 1 is 1.15 bits per heavy atom. The number of carbonyl (C=O) groups excluding carboxylic acids is 1. The average molecular weight is 380 g/mol. The maximum absolute atomic E-state index is 12.5. The molecule has 1 N–H and O–H groups in total. The molecule has 1 aliphatic heterocycles. The summed E-state index contributed by atoms with van der Waals surface area (Å²) in [4.78, 5) is 14.9. The van der Waals surface area contributed by atoms with Crippen LogP contribution in [0.2, 0.25) is 5.02 Å². The average Bonchev–Trinajstić information content (AvgIpc) is 3.17. The highest BCUT2D eigenvalue weighted by molar-refractivity contribution is 6.31. The van der Waals surface area contributed by atoms with Crippen LogP contribution in [0.4, 0.5) is 11.4 Å². The van der Waals surface area contributed by atoms with Gasteiger partial charge in [0.25, 0.3) is 5.91 Å². The van der Waals surface area contributed by atoms with Gasteiger partial charge in [-0.25, -0.2) is 0 Å². The van der Waals surface area contributed by atoms with Crippen LogP contribution in [0.5, 0.6) is 0 Å². The molecule has 2 aromatic carbocycles. The SMILES string of the molecule is Cc1ccc(Cl)cc1NC(=O)/C(C#N)=C\c1ccc(N2CCCC2)c(C)c1. The number of carbonyl (C=O) groups is 1. The van der Waals surface area contributed by atoms with E-state index in [-0.39, 0.29) is 5.57 Å². The van der Waals surface area contributed by atoms with Crippen LogP contribution in [0.1, 0.15) is 29.5 Å². The quantitative estimate of drug-likeness (QED) is 0.593. The molecule has 1 heterocycles. The van der Waals surface area contributed by atoms with Gasteiger partial charge in [0.1, 0.15) is 11.6 Å². The van der Waals surface area contributed by atoms with Gasteiger partial charge in [0.15, 0.2) is 0 Å². The lowest BCUT2D eigenvalue weighted by molar-refractivity contribution is -0.112. The zero-order valence-corrected chi connectivity index (χ0v) is 16.3. The fourth-order valence-electron chi connectivity index (χ4n) is 3.32. The Morgan fingerprint density at radius 3 is 2.56 bits per heavy atom. The first-order valence-corrected chi connectivity index (χ1v) is 9.40. The molecular formula is C22H22ClN3O. The summed E-state index contributed by atoms with van der Waals surface area (Å²) < 4.78 is 0. The van der Waals surface area contributed by atoms with Crippen LogP contribution in [0.3, 0.4) is 0 Å². The molecule has 4 nitrogen and oxygen atoms in total. The van der Waals surface area contributed by atoms with E-state index in [0.29, 0.717) is 10.7 Å². The van der Waals surface area contributed by atoms with Gasteiger partial charge in [-0.2, -0.15) is 5.26 Å². The first-order chi connectivity index (χ1) is 13.0. The van der Waals surface area contributed by atoms with Crippen LogP contribution < -0.4 is 10.2 Å². The highest BCUT2D eigenvalue weighted by Crippen LogP contribution is 2.26. The first kappa shape index (κ1) is 19.0. The number of benzene rings is 2. The van der Waals surface area contributed by atoms with Crippen molar-refractivity contribution < 1.29 is 4.79 Å². The molecule has 0 bridgehead atoms. The minimum atomic E-state index is -0.441. The molecule has 5 heteroatoms. The number of nitrogens with one attached hydrogen (secondary N) is 1. The molecular weight excluding hydrogens is 358 g/mol. The van der Waals surface area contributed by atoms with Gasteiger partial charge in [-0.15, -0.1) is 0 Å². The van der Waals surface area contributed by atoms with Crippen LogP contribution in [-0.4, -0.2) is 19.0 Å². The molecule has 1 aliphatic rings. The van der Waals surface area contributed by atoms with Crippen molar-refractivity contribution in [1.82, 2.24) is 0 Å². The molecule has 1 saturated heterocycles. The van der Waals surface area contributed by atoms with E-state index in [1.54, 1.807) is 18.2 Å². The molecule has 0 radical (unpaired) electrons. The maximum atomic E-state index is 12.5. The van der Waals surface area contributed by atoms with Gasteiger partial charge in [0.05, 0.1) is 0 Å². The summed E-state index contributed by atoms with van der Waals surface area (Å²) in [5, 5.41) is 12.7. The van der Waals surface area contributed by atoms with Crippen molar-refractivity contribution in [1.29, 1.82) is 5.26 Å². The Morgan fingerprint density at radius 2 is 1.89 bits per heavy atom.